The molecule has 108 valence electrons. The van der Waals surface area contributed by atoms with Gasteiger partial charge >= 0.3 is 0 Å². The first kappa shape index (κ1) is 15.0. The summed E-state index contributed by atoms with van der Waals surface area (Å²) in [5.74, 6) is 0.449. The van der Waals surface area contributed by atoms with Gasteiger partial charge in [-0.05, 0) is 18.9 Å². The lowest BCUT2D eigenvalue weighted by atomic mass is 9.80. The third-order valence-electron chi connectivity index (χ3n) is 4.32. The van der Waals surface area contributed by atoms with Crippen molar-refractivity contribution in [2.45, 2.75) is 58.8 Å². The smallest absolute Gasteiger partial charge is 0.170 e. The number of carbonyl (C=O) groups is 1. The minimum Gasteiger partial charge on any atom is -0.293 e. The Bertz CT molecular complexity index is 484. The maximum absolute atomic E-state index is 12.6. The van der Waals surface area contributed by atoms with Crippen molar-refractivity contribution in [2.75, 3.05) is 0 Å². The highest BCUT2D eigenvalue weighted by atomic mass is 16.1. The van der Waals surface area contributed by atoms with Crippen LogP contribution in [0, 0.1) is 5.92 Å². The lowest BCUT2D eigenvalue weighted by Gasteiger charge is -2.22. The minimum atomic E-state index is 0.121. The molecule has 20 heavy (non-hydrogen) atoms. The predicted molar refractivity (Wildman–Crippen MR) is 85.9 cm³/mol. The number of carbonyl (C=O) groups excluding carboxylic acids is 1. The Labute approximate surface area is 123 Å². The number of hydrogen-bond acceptors (Lipinski definition) is 1. The van der Waals surface area contributed by atoms with Crippen LogP contribution in [0.4, 0.5) is 0 Å². The summed E-state index contributed by atoms with van der Waals surface area (Å²) >= 11 is 0. The van der Waals surface area contributed by atoms with Crippen molar-refractivity contribution in [3.05, 3.63) is 41.0 Å². The minimum absolute atomic E-state index is 0.121. The molecule has 0 aromatic heterocycles. The molecule has 1 unspecified atom stereocenters. The van der Waals surface area contributed by atoms with Crippen LogP contribution in [0.25, 0.3) is 6.08 Å². The summed E-state index contributed by atoms with van der Waals surface area (Å²) in [5, 5.41) is 0. The second-order valence-electron chi connectivity index (χ2n) is 5.95. The van der Waals surface area contributed by atoms with E-state index >= 15 is 0 Å². The number of hydrogen-bond donors (Lipinski definition) is 0. The van der Waals surface area contributed by atoms with Crippen molar-refractivity contribution in [1.29, 1.82) is 0 Å². The molecule has 0 saturated carbocycles. The second kappa shape index (κ2) is 7.42. The fraction of sp³-hybridized carbons (Fsp3) is 0.526. The molecule has 1 heteroatoms. The molecular formula is C19H26O. The Morgan fingerprint density at radius 2 is 1.70 bits per heavy atom. The third-order valence-corrected chi connectivity index (χ3v) is 4.32. The van der Waals surface area contributed by atoms with Gasteiger partial charge < -0.3 is 0 Å². The van der Waals surface area contributed by atoms with Crippen LogP contribution in [-0.2, 0) is 0 Å². The van der Waals surface area contributed by atoms with Gasteiger partial charge in [-0.25, -0.2) is 0 Å². The lowest BCUT2D eigenvalue weighted by molar-refractivity contribution is 0.0930. The van der Waals surface area contributed by atoms with Gasteiger partial charge in [0.05, 0.1) is 0 Å². The van der Waals surface area contributed by atoms with Gasteiger partial charge in [0, 0.05) is 11.5 Å². The van der Waals surface area contributed by atoms with E-state index in [1.807, 2.05) is 24.3 Å². The number of allylic oxidation sites excluding steroid dienone is 1. The lowest BCUT2D eigenvalue weighted by Crippen LogP contribution is -2.20. The molecule has 0 saturated heterocycles. The van der Waals surface area contributed by atoms with E-state index in [2.05, 4.69) is 19.9 Å². The van der Waals surface area contributed by atoms with Crippen LogP contribution in [0.2, 0.25) is 0 Å². The molecule has 1 aromatic carbocycles. The van der Waals surface area contributed by atoms with Gasteiger partial charge in [0.1, 0.15) is 0 Å². The Hall–Kier alpha value is -1.37. The van der Waals surface area contributed by atoms with Gasteiger partial charge in [0.25, 0.3) is 0 Å². The predicted octanol–water partition coefficient (Wildman–Crippen LogP) is 5.65. The molecule has 1 nitrogen and oxygen atoms in total. The van der Waals surface area contributed by atoms with E-state index < -0.39 is 0 Å². The molecule has 1 aliphatic carbocycles. The molecule has 0 aliphatic heterocycles. The highest BCUT2D eigenvalue weighted by molar-refractivity contribution is 6.05. The zero-order chi connectivity index (χ0) is 14.4. The van der Waals surface area contributed by atoms with Crippen LogP contribution in [-0.4, -0.2) is 5.78 Å². The largest absolute Gasteiger partial charge is 0.293 e. The van der Waals surface area contributed by atoms with Crippen molar-refractivity contribution < 1.29 is 4.79 Å². The quantitative estimate of drug-likeness (QED) is 0.585. The number of ketones is 1. The van der Waals surface area contributed by atoms with Crippen LogP contribution in [0.15, 0.2) is 29.8 Å². The molecular weight excluding hydrogens is 244 g/mol. The molecule has 0 N–H and O–H groups in total. The van der Waals surface area contributed by atoms with Crippen molar-refractivity contribution in [2.24, 2.45) is 5.92 Å². The highest BCUT2D eigenvalue weighted by Crippen LogP contribution is 2.31. The second-order valence-corrected chi connectivity index (χ2v) is 5.95. The summed E-state index contributed by atoms with van der Waals surface area (Å²) in [6.45, 7) is 4.35. The van der Waals surface area contributed by atoms with Gasteiger partial charge in [0.2, 0.25) is 0 Å². The molecule has 1 aromatic rings. The Morgan fingerprint density at radius 1 is 1.00 bits per heavy atom. The fourth-order valence-corrected chi connectivity index (χ4v) is 3.08. The topological polar surface area (TPSA) is 17.1 Å². The standard InChI is InChI=1S/C19H26O/c1-3-4-5-6-7-8-12-17-15(2)14-16-11-9-10-13-18(16)19(17)20/h9-11,13-14,17H,3-8,12H2,1-2H3. The normalized spacial score (nSPS) is 17.8. The van der Waals surface area contributed by atoms with Crippen LogP contribution < -0.4 is 0 Å². The van der Waals surface area contributed by atoms with Crippen molar-refractivity contribution >= 4 is 11.9 Å². The summed E-state index contributed by atoms with van der Waals surface area (Å²) in [5.41, 5.74) is 3.24. The van der Waals surface area contributed by atoms with Gasteiger partial charge in [-0.2, -0.15) is 0 Å². The third kappa shape index (κ3) is 3.59. The molecule has 0 radical (unpaired) electrons. The molecule has 1 aliphatic rings. The molecule has 0 amide bonds. The number of benzene rings is 1. The molecule has 0 heterocycles. The van der Waals surface area contributed by atoms with Crippen molar-refractivity contribution in [3.8, 4) is 0 Å². The zero-order valence-corrected chi connectivity index (χ0v) is 12.8. The van der Waals surface area contributed by atoms with E-state index in [0.29, 0.717) is 5.78 Å². The average Bonchev–Trinajstić information content (AvgIpc) is 2.45. The first-order chi connectivity index (χ1) is 9.74. The Kier molecular flexibility index (Phi) is 5.58. The average molecular weight is 270 g/mol. The van der Waals surface area contributed by atoms with E-state index in [9.17, 15) is 4.79 Å². The summed E-state index contributed by atoms with van der Waals surface area (Å²) in [6.07, 6.45) is 10.9. The van der Waals surface area contributed by atoms with Gasteiger partial charge in [-0.3, -0.25) is 4.79 Å². The first-order valence-electron chi connectivity index (χ1n) is 8.05. The maximum atomic E-state index is 12.6. The number of Topliss-reactive ketones (excluding diaryl/α,β-unsaturated/α-hetero) is 1. The highest BCUT2D eigenvalue weighted by Gasteiger charge is 2.26. The van der Waals surface area contributed by atoms with Crippen molar-refractivity contribution in [3.63, 3.8) is 0 Å². The SMILES string of the molecule is CCCCCCCCC1C(=O)c2ccccc2C=C1C. The molecule has 0 fully saturated rings. The number of unbranched alkanes of at least 4 members (excludes halogenated alkanes) is 5. The van der Waals surface area contributed by atoms with Gasteiger partial charge in [0.15, 0.2) is 5.78 Å². The van der Waals surface area contributed by atoms with E-state index in [4.69, 9.17) is 0 Å². The van der Waals surface area contributed by atoms with Gasteiger partial charge in [-0.1, -0.05) is 81.4 Å². The number of rotatable bonds is 7. The fourth-order valence-electron chi connectivity index (χ4n) is 3.08. The molecule has 0 spiro atoms. The van der Waals surface area contributed by atoms with Crippen LogP contribution in [0.5, 0.6) is 0 Å². The van der Waals surface area contributed by atoms with Crippen molar-refractivity contribution in [1.82, 2.24) is 0 Å². The summed E-state index contributed by atoms with van der Waals surface area (Å²) in [6, 6.07) is 7.98. The number of fused-ring (bicyclic) bond motifs is 1. The van der Waals surface area contributed by atoms with E-state index in [1.165, 1.54) is 44.1 Å². The Balaban J connectivity index is 1.89. The maximum Gasteiger partial charge on any atom is 0.170 e. The van der Waals surface area contributed by atoms with Crippen LogP contribution >= 0.6 is 0 Å². The molecule has 0 bridgehead atoms. The zero-order valence-electron chi connectivity index (χ0n) is 12.8. The monoisotopic (exact) mass is 270 g/mol. The first-order valence-corrected chi connectivity index (χ1v) is 8.05. The summed E-state index contributed by atoms with van der Waals surface area (Å²) in [4.78, 5) is 12.6. The van der Waals surface area contributed by atoms with E-state index in [-0.39, 0.29) is 5.92 Å². The summed E-state index contributed by atoms with van der Waals surface area (Å²) in [7, 11) is 0. The van der Waals surface area contributed by atoms with Crippen LogP contribution in [0.3, 0.4) is 0 Å². The van der Waals surface area contributed by atoms with E-state index in [1.54, 1.807) is 0 Å². The van der Waals surface area contributed by atoms with Gasteiger partial charge in [-0.15, -0.1) is 0 Å². The van der Waals surface area contributed by atoms with Crippen LogP contribution in [0.1, 0.15) is 74.7 Å². The molecule has 1 atom stereocenters. The van der Waals surface area contributed by atoms with E-state index in [0.717, 1.165) is 17.5 Å². The summed E-state index contributed by atoms with van der Waals surface area (Å²) < 4.78 is 0. The molecule has 2 rings (SSSR count). The Morgan fingerprint density at radius 3 is 2.50 bits per heavy atom.